The maximum Gasteiger partial charge on any atom is 0.0489 e. The summed E-state index contributed by atoms with van der Waals surface area (Å²) in [5, 5.41) is 4.21. The lowest BCUT2D eigenvalue weighted by molar-refractivity contribution is 0.521. The molecule has 16 heavy (non-hydrogen) atoms. The molecule has 0 saturated heterocycles. The van der Waals surface area contributed by atoms with Gasteiger partial charge in [0.15, 0.2) is 0 Å². The molecule has 2 aromatic rings. The number of nitrogens with zero attached hydrogens (tertiary/aromatic N) is 2. The minimum Gasteiger partial charge on any atom is -0.330 e. The van der Waals surface area contributed by atoms with Crippen molar-refractivity contribution in [1.29, 1.82) is 0 Å². The summed E-state index contributed by atoms with van der Waals surface area (Å²) in [5.74, 6) is 0.333. The van der Waals surface area contributed by atoms with Crippen LogP contribution in [0.5, 0.6) is 0 Å². The SMILES string of the molecule is Cc1cccc(C(CN)Cn2cccn2)c1. The van der Waals surface area contributed by atoms with Crippen molar-refractivity contribution >= 4 is 0 Å². The van der Waals surface area contributed by atoms with E-state index in [9.17, 15) is 0 Å². The second kappa shape index (κ2) is 4.94. The molecule has 1 aromatic heterocycles. The predicted molar refractivity (Wildman–Crippen MR) is 65.2 cm³/mol. The maximum atomic E-state index is 5.83. The molecule has 3 nitrogen and oxygen atoms in total. The Hall–Kier alpha value is -1.61. The number of hydrogen-bond acceptors (Lipinski definition) is 2. The quantitative estimate of drug-likeness (QED) is 0.847. The van der Waals surface area contributed by atoms with Gasteiger partial charge in [0.05, 0.1) is 0 Å². The number of nitrogens with two attached hydrogens (primary N) is 1. The highest BCUT2D eigenvalue weighted by Crippen LogP contribution is 2.17. The molecule has 1 aromatic carbocycles. The molecule has 0 aliphatic carbocycles. The Morgan fingerprint density at radius 3 is 2.88 bits per heavy atom. The van der Waals surface area contributed by atoms with Crippen molar-refractivity contribution in [3.63, 3.8) is 0 Å². The Bertz CT molecular complexity index is 434. The summed E-state index contributed by atoms with van der Waals surface area (Å²) in [6, 6.07) is 10.4. The Morgan fingerprint density at radius 2 is 2.25 bits per heavy atom. The second-order valence-corrected chi connectivity index (χ2v) is 4.07. The van der Waals surface area contributed by atoms with Crippen molar-refractivity contribution in [2.24, 2.45) is 5.73 Å². The fraction of sp³-hybridized carbons (Fsp3) is 0.308. The molecule has 84 valence electrons. The highest BCUT2D eigenvalue weighted by molar-refractivity contribution is 5.25. The highest BCUT2D eigenvalue weighted by Gasteiger charge is 2.10. The lowest BCUT2D eigenvalue weighted by atomic mass is 9.98. The van der Waals surface area contributed by atoms with Crippen molar-refractivity contribution in [3.05, 3.63) is 53.9 Å². The van der Waals surface area contributed by atoms with Crippen molar-refractivity contribution in [1.82, 2.24) is 9.78 Å². The number of benzene rings is 1. The predicted octanol–water partition coefficient (Wildman–Crippen LogP) is 1.93. The van der Waals surface area contributed by atoms with Crippen LogP contribution in [0.15, 0.2) is 42.7 Å². The van der Waals surface area contributed by atoms with E-state index >= 15 is 0 Å². The van der Waals surface area contributed by atoms with Gasteiger partial charge in [-0.2, -0.15) is 5.10 Å². The van der Waals surface area contributed by atoms with Gasteiger partial charge in [0.1, 0.15) is 0 Å². The first kappa shape index (κ1) is 10.9. The molecule has 0 bridgehead atoms. The maximum absolute atomic E-state index is 5.83. The zero-order valence-electron chi connectivity index (χ0n) is 9.50. The highest BCUT2D eigenvalue weighted by atomic mass is 15.3. The molecule has 1 unspecified atom stereocenters. The van der Waals surface area contributed by atoms with Gasteiger partial charge in [-0.3, -0.25) is 4.68 Å². The fourth-order valence-corrected chi connectivity index (χ4v) is 1.87. The van der Waals surface area contributed by atoms with E-state index in [4.69, 9.17) is 5.73 Å². The number of aryl methyl sites for hydroxylation is 1. The van der Waals surface area contributed by atoms with E-state index in [1.165, 1.54) is 11.1 Å². The summed E-state index contributed by atoms with van der Waals surface area (Å²) in [6.45, 7) is 3.58. The molecule has 0 amide bonds. The molecular formula is C13H17N3. The fourth-order valence-electron chi connectivity index (χ4n) is 1.87. The number of rotatable bonds is 4. The summed E-state index contributed by atoms with van der Waals surface area (Å²) in [5.41, 5.74) is 8.39. The molecule has 1 atom stereocenters. The van der Waals surface area contributed by atoms with Gasteiger partial charge >= 0.3 is 0 Å². The third kappa shape index (κ3) is 2.49. The van der Waals surface area contributed by atoms with Crippen molar-refractivity contribution < 1.29 is 0 Å². The first-order valence-corrected chi connectivity index (χ1v) is 5.53. The standard InChI is InChI=1S/C13H17N3/c1-11-4-2-5-12(8-11)13(9-14)10-16-7-3-6-15-16/h2-8,13H,9-10,14H2,1H3. The molecule has 3 heteroatoms. The monoisotopic (exact) mass is 215 g/mol. The summed E-state index contributed by atoms with van der Waals surface area (Å²) < 4.78 is 1.93. The average molecular weight is 215 g/mol. The third-order valence-electron chi connectivity index (χ3n) is 2.76. The Kier molecular flexibility index (Phi) is 3.37. The van der Waals surface area contributed by atoms with Gasteiger partial charge in [-0.15, -0.1) is 0 Å². The zero-order valence-corrected chi connectivity index (χ0v) is 9.50. The second-order valence-electron chi connectivity index (χ2n) is 4.07. The van der Waals surface area contributed by atoms with Crippen LogP contribution in [0.2, 0.25) is 0 Å². The smallest absolute Gasteiger partial charge is 0.0489 e. The van der Waals surface area contributed by atoms with Gasteiger partial charge in [-0.1, -0.05) is 29.8 Å². The molecule has 0 aliphatic rings. The van der Waals surface area contributed by atoms with E-state index in [0.717, 1.165) is 6.54 Å². The number of aromatic nitrogens is 2. The van der Waals surface area contributed by atoms with Crippen LogP contribution < -0.4 is 5.73 Å². The summed E-state index contributed by atoms with van der Waals surface area (Å²) in [6.07, 6.45) is 3.77. The van der Waals surface area contributed by atoms with E-state index in [2.05, 4.69) is 36.3 Å². The largest absolute Gasteiger partial charge is 0.330 e. The first-order chi connectivity index (χ1) is 7.79. The van der Waals surface area contributed by atoms with Crippen LogP contribution in [0.1, 0.15) is 17.0 Å². The van der Waals surface area contributed by atoms with Gasteiger partial charge in [0.25, 0.3) is 0 Å². The van der Waals surface area contributed by atoms with Gasteiger partial charge in [-0.05, 0) is 18.6 Å². The third-order valence-corrected chi connectivity index (χ3v) is 2.76. The zero-order chi connectivity index (χ0) is 11.4. The van der Waals surface area contributed by atoms with Gasteiger partial charge in [-0.25, -0.2) is 0 Å². The van der Waals surface area contributed by atoms with E-state index < -0.39 is 0 Å². The van der Waals surface area contributed by atoms with E-state index in [1.54, 1.807) is 6.20 Å². The minimum absolute atomic E-state index is 0.333. The summed E-state index contributed by atoms with van der Waals surface area (Å²) in [4.78, 5) is 0. The topological polar surface area (TPSA) is 43.8 Å². The molecule has 0 radical (unpaired) electrons. The molecule has 0 fully saturated rings. The normalized spacial score (nSPS) is 12.6. The van der Waals surface area contributed by atoms with Crippen LogP contribution in [0.4, 0.5) is 0 Å². The average Bonchev–Trinajstić information content (AvgIpc) is 2.78. The van der Waals surface area contributed by atoms with Crippen LogP contribution in [0, 0.1) is 6.92 Å². The van der Waals surface area contributed by atoms with Crippen LogP contribution in [-0.4, -0.2) is 16.3 Å². The molecule has 1 heterocycles. The van der Waals surface area contributed by atoms with Crippen molar-refractivity contribution in [2.45, 2.75) is 19.4 Å². The molecule has 0 aliphatic heterocycles. The lowest BCUT2D eigenvalue weighted by Gasteiger charge is -2.15. The first-order valence-electron chi connectivity index (χ1n) is 5.53. The Morgan fingerprint density at radius 1 is 1.38 bits per heavy atom. The van der Waals surface area contributed by atoms with Crippen molar-refractivity contribution in [2.75, 3.05) is 6.54 Å². The van der Waals surface area contributed by atoms with E-state index in [0.29, 0.717) is 12.5 Å². The Balaban J connectivity index is 2.16. The molecule has 2 N–H and O–H groups in total. The van der Waals surface area contributed by atoms with E-state index in [-0.39, 0.29) is 0 Å². The molecule has 2 rings (SSSR count). The molecule has 0 spiro atoms. The van der Waals surface area contributed by atoms with Gasteiger partial charge < -0.3 is 5.73 Å². The molecule has 0 saturated carbocycles. The van der Waals surface area contributed by atoms with Crippen molar-refractivity contribution in [3.8, 4) is 0 Å². The van der Waals surface area contributed by atoms with Crippen LogP contribution in [-0.2, 0) is 6.54 Å². The van der Waals surface area contributed by atoms with Gasteiger partial charge in [0.2, 0.25) is 0 Å². The van der Waals surface area contributed by atoms with Crippen LogP contribution >= 0.6 is 0 Å². The molecular weight excluding hydrogens is 198 g/mol. The van der Waals surface area contributed by atoms with Gasteiger partial charge in [0, 0.05) is 31.4 Å². The number of hydrogen-bond donors (Lipinski definition) is 1. The summed E-state index contributed by atoms with van der Waals surface area (Å²) in [7, 11) is 0. The van der Waals surface area contributed by atoms with E-state index in [1.807, 2.05) is 16.9 Å². The van der Waals surface area contributed by atoms with Crippen LogP contribution in [0.3, 0.4) is 0 Å². The van der Waals surface area contributed by atoms with Crippen LogP contribution in [0.25, 0.3) is 0 Å². The summed E-state index contributed by atoms with van der Waals surface area (Å²) >= 11 is 0. The lowest BCUT2D eigenvalue weighted by Crippen LogP contribution is -2.18. The minimum atomic E-state index is 0.333. The Labute approximate surface area is 95.9 Å².